The number of hydrogen-bond donors (Lipinski definition) is 1. The van der Waals surface area contributed by atoms with Gasteiger partial charge in [-0.15, -0.1) is 0 Å². The topological polar surface area (TPSA) is 86.3 Å². The van der Waals surface area contributed by atoms with Crippen molar-refractivity contribution in [3.8, 4) is 22.7 Å². The molecule has 0 amide bonds. The molecule has 0 spiro atoms. The van der Waals surface area contributed by atoms with Crippen molar-refractivity contribution in [2.24, 2.45) is 5.92 Å². The molecule has 2 aromatic heterocycles. The van der Waals surface area contributed by atoms with Crippen molar-refractivity contribution in [1.29, 1.82) is 0 Å². The maximum absolute atomic E-state index is 12.5. The van der Waals surface area contributed by atoms with Crippen LogP contribution in [0.25, 0.3) is 16.9 Å². The van der Waals surface area contributed by atoms with E-state index in [1.54, 1.807) is 10.9 Å². The van der Waals surface area contributed by atoms with E-state index >= 15 is 0 Å². The van der Waals surface area contributed by atoms with Crippen molar-refractivity contribution in [2.75, 3.05) is 6.61 Å². The zero-order chi connectivity index (χ0) is 20.3. The number of ether oxygens (including phenoxy) is 1. The minimum atomic E-state index is -1.20. The highest BCUT2D eigenvalue weighted by Gasteiger charge is 2.33. The molecule has 1 atom stereocenters. The van der Waals surface area contributed by atoms with Crippen LogP contribution in [0.2, 0.25) is 0 Å². The Morgan fingerprint density at radius 1 is 1.31 bits per heavy atom. The van der Waals surface area contributed by atoms with Crippen molar-refractivity contribution < 1.29 is 14.6 Å². The van der Waals surface area contributed by atoms with Gasteiger partial charge >= 0.3 is 5.97 Å². The zero-order valence-electron chi connectivity index (χ0n) is 16.3. The van der Waals surface area contributed by atoms with Crippen LogP contribution in [0.5, 0.6) is 5.75 Å². The van der Waals surface area contributed by atoms with Gasteiger partial charge in [0.25, 0.3) is 0 Å². The Labute approximate surface area is 167 Å². The maximum Gasteiger partial charge on any atom is 0.341 e. The van der Waals surface area contributed by atoms with Gasteiger partial charge in [0.2, 0.25) is 0 Å². The summed E-state index contributed by atoms with van der Waals surface area (Å²) in [5.74, 6) is -0.0686. The molecule has 0 saturated carbocycles. The largest absolute Gasteiger partial charge is 0.491 e. The van der Waals surface area contributed by atoms with Gasteiger partial charge in [0.15, 0.2) is 5.43 Å². The molecule has 5 rings (SSSR count). The van der Waals surface area contributed by atoms with E-state index in [4.69, 9.17) is 4.74 Å². The van der Waals surface area contributed by atoms with E-state index in [2.05, 4.69) is 18.9 Å². The average Bonchev–Trinajstić information content (AvgIpc) is 3.38. The monoisotopic (exact) mass is 391 g/mol. The molecule has 7 heteroatoms. The van der Waals surface area contributed by atoms with Gasteiger partial charge in [0.1, 0.15) is 17.0 Å². The molecule has 1 N–H and O–H groups in total. The molecular formula is C22H21N3O4. The summed E-state index contributed by atoms with van der Waals surface area (Å²) in [5, 5.41) is 13.8. The molecule has 2 aliphatic rings. The first kappa shape index (κ1) is 17.7. The van der Waals surface area contributed by atoms with E-state index in [0.29, 0.717) is 6.61 Å². The summed E-state index contributed by atoms with van der Waals surface area (Å²) in [6.07, 6.45) is 6.67. The molecule has 0 bridgehead atoms. The first-order chi connectivity index (χ1) is 14.0. The van der Waals surface area contributed by atoms with Crippen molar-refractivity contribution in [2.45, 2.75) is 32.7 Å². The summed E-state index contributed by atoms with van der Waals surface area (Å²) in [6.45, 7) is 4.86. The lowest BCUT2D eigenvalue weighted by Gasteiger charge is -2.34. The minimum Gasteiger partial charge on any atom is -0.491 e. The summed E-state index contributed by atoms with van der Waals surface area (Å²) < 4.78 is 9.71. The van der Waals surface area contributed by atoms with Gasteiger partial charge in [0, 0.05) is 48.2 Å². The Bertz CT molecular complexity index is 1190. The fourth-order valence-electron chi connectivity index (χ4n) is 4.53. The van der Waals surface area contributed by atoms with Gasteiger partial charge in [-0.3, -0.25) is 4.79 Å². The molecule has 0 aliphatic carbocycles. The molecule has 1 aromatic carbocycles. The Morgan fingerprint density at radius 3 is 2.83 bits per heavy atom. The van der Waals surface area contributed by atoms with Gasteiger partial charge in [-0.05, 0) is 30.0 Å². The first-order valence-corrected chi connectivity index (χ1v) is 9.77. The van der Waals surface area contributed by atoms with Crippen LogP contribution in [0.3, 0.4) is 0 Å². The van der Waals surface area contributed by atoms with E-state index < -0.39 is 11.4 Å². The van der Waals surface area contributed by atoms with Crippen LogP contribution in [-0.2, 0) is 12.8 Å². The molecule has 0 fully saturated rings. The lowest BCUT2D eigenvalue weighted by Crippen LogP contribution is -2.28. The minimum absolute atomic E-state index is 0.0662. The Balaban J connectivity index is 1.83. The SMILES string of the molecule is CC(C)[C@@H]1Cc2c(cc(-n3cccn3)c3c2CCO3)-c2cc(=O)c(C(=O)O)cn21. The number of aromatic nitrogens is 3. The number of fused-ring (bicyclic) bond motifs is 5. The van der Waals surface area contributed by atoms with E-state index in [1.807, 2.05) is 22.9 Å². The second kappa shape index (κ2) is 6.34. The summed E-state index contributed by atoms with van der Waals surface area (Å²) in [7, 11) is 0. The van der Waals surface area contributed by atoms with Crippen molar-refractivity contribution in [1.82, 2.24) is 14.3 Å². The Kier molecular flexibility index (Phi) is 3.87. The summed E-state index contributed by atoms with van der Waals surface area (Å²) >= 11 is 0. The second-order valence-electron chi connectivity index (χ2n) is 7.94. The van der Waals surface area contributed by atoms with E-state index in [9.17, 15) is 14.7 Å². The van der Waals surface area contributed by atoms with Crippen molar-refractivity contribution in [3.05, 3.63) is 63.7 Å². The Morgan fingerprint density at radius 2 is 2.14 bits per heavy atom. The van der Waals surface area contributed by atoms with Crippen LogP contribution in [-0.4, -0.2) is 32.0 Å². The third-order valence-corrected chi connectivity index (χ3v) is 5.95. The lowest BCUT2D eigenvalue weighted by molar-refractivity contribution is 0.0694. The first-order valence-electron chi connectivity index (χ1n) is 9.77. The number of aromatic carboxylic acids is 1. The van der Waals surface area contributed by atoms with Gasteiger partial charge in [-0.2, -0.15) is 5.10 Å². The number of carboxylic acids is 1. The lowest BCUT2D eigenvalue weighted by atomic mass is 9.83. The molecule has 29 heavy (non-hydrogen) atoms. The van der Waals surface area contributed by atoms with Crippen LogP contribution in [0.1, 0.15) is 41.4 Å². The molecule has 4 heterocycles. The number of hydrogen-bond acceptors (Lipinski definition) is 4. The van der Waals surface area contributed by atoms with Crippen LogP contribution in [0.4, 0.5) is 0 Å². The van der Waals surface area contributed by atoms with Crippen LogP contribution in [0, 0.1) is 5.92 Å². The summed E-state index contributed by atoms with van der Waals surface area (Å²) in [5.41, 5.74) is 4.23. The molecule has 7 nitrogen and oxygen atoms in total. The highest BCUT2D eigenvalue weighted by atomic mass is 16.5. The van der Waals surface area contributed by atoms with Gasteiger partial charge in [0.05, 0.1) is 12.3 Å². The number of pyridine rings is 1. The highest BCUT2D eigenvalue weighted by Crippen LogP contribution is 2.45. The smallest absolute Gasteiger partial charge is 0.341 e. The van der Waals surface area contributed by atoms with Crippen molar-refractivity contribution in [3.63, 3.8) is 0 Å². The molecule has 148 valence electrons. The molecule has 0 saturated heterocycles. The predicted octanol–water partition coefficient (Wildman–Crippen LogP) is 3.09. The van der Waals surface area contributed by atoms with E-state index in [-0.39, 0.29) is 17.5 Å². The van der Waals surface area contributed by atoms with Crippen LogP contribution in [0.15, 0.2) is 41.6 Å². The normalized spacial score (nSPS) is 16.9. The third kappa shape index (κ3) is 2.61. The molecule has 3 aromatic rings. The fraction of sp³-hybridized carbons (Fsp3) is 0.318. The number of benzene rings is 1. The standard InChI is InChI=1S/C22H21N3O4/c1-12(2)17-8-14-13-4-7-29-21(13)19(25-6-3-5-23-25)9-15(14)18-10-20(26)16(22(27)28)11-24(17)18/h3,5-6,9-12,17H,4,7-8H2,1-2H3,(H,27,28)/t17-/m0/s1. The third-order valence-electron chi connectivity index (χ3n) is 5.95. The van der Waals surface area contributed by atoms with Crippen LogP contribution >= 0.6 is 0 Å². The average molecular weight is 391 g/mol. The second-order valence-corrected chi connectivity index (χ2v) is 7.94. The maximum atomic E-state index is 12.5. The van der Waals surface area contributed by atoms with Crippen molar-refractivity contribution >= 4 is 5.97 Å². The van der Waals surface area contributed by atoms with Gasteiger partial charge in [-0.1, -0.05) is 13.8 Å². The predicted molar refractivity (Wildman–Crippen MR) is 107 cm³/mol. The molecule has 2 aliphatic heterocycles. The highest BCUT2D eigenvalue weighted by molar-refractivity contribution is 5.88. The summed E-state index contributed by atoms with van der Waals surface area (Å²) in [4.78, 5) is 24.1. The number of carbonyl (C=O) groups is 1. The van der Waals surface area contributed by atoms with Crippen LogP contribution < -0.4 is 10.2 Å². The van der Waals surface area contributed by atoms with E-state index in [0.717, 1.165) is 35.5 Å². The van der Waals surface area contributed by atoms with E-state index in [1.165, 1.54) is 23.4 Å². The Hall–Kier alpha value is -3.35. The molecular weight excluding hydrogens is 370 g/mol. The molecule has 0 unspecified atom stereocenters. The number of rotatable bonds is 3. The van der Waals surface area contributed by atoms with Gasteiger partial charge in [-0.25, -0.2) is 9.48 Å². The zero-order valence-corrected chi connectivity index (χ0v) is 16.3. The molecule has 0 radical (unpaired) electrons. The number of nitrogens with zero attached hydrogens (tertiary/aromatic N) is 3. The quantitative estimate of drug-likeness (QED) is 0.741. The number of carboxylic acid groups (broad SMARTS) is 1. The fourth-order valence-corrected chi connectivity index (χ4v) is 4.53. The van der Waals surface area contributed by atoms with Gasteiger partial charge < -0.3 is 14.4 Å². The summed E-state index contributed by atoms with van der Waals surface area (Å²) in [6, 6.07) is 5.39.